The number of benzene rings is 1. The summed E-state index contributed by atoms with van der Waals surface area (Å²) in [7, 11) is 0. The quantitative estimate of drug-likeness (QED) is 0.757. The number of nitrogens with two attached hydrogens (primary N) is 1. The summed E-state index contributed by atoms with van der Waals surface area (Å²) in [5.74, 6) is -0.928. The van der Waals surface area contributed by atoms with Crippen molar-refractivity contribution in [2.24, 2.45) is 11.7 Å². The van der Waals surface area contributed by atoms with Crippen LogP contribution in [0.15, 0.2) is 53.5 Å². The topological polar surface area (TPSA) is 114 Å². The molecular weight excluding hydrogens is 384 g/mol. The first-order valence-electron chi connectivity index (χ1n) is 9.98. The van der Waals surface area contributed by atoms with E-state index in [0.29, 0.717) is 24.2 Å². The summed E-state index contributed by atoms with van der Waals surface area (Å²) in [6.45, 7) is 0.375. The maximum Gasteiger partial charge on any atom is 0.255 e. The van der Waals surface area contributed by atoms with Crippen molar-refractivity contribution in [3.8, 4) is 5.69 Å². The van der Waals surface area contributed by atoms with Crippen LogP contribution in [0.1, 0.15) is 29.6 Å². The molecule has 1 aliphatic carbocycles. The van der Waals surface area contributed by atoms with E-state index in [1.165, 1.54) is 15.5 Å². The number of piperidine rings is 1. The maximum atomic E-state index is 12.6. The summed E-state index contributed by atoms with van der Waals surface area (Å²) in [6.07, 6.45) is 5.53. The Hall–Kier alpha value is -3.42. The predicted molar refractivity (Wildman–Crippen MR) is 110 cm³/mol. The number of amides is 3. The second-order valence-corrected chi connectivity index (χ2v) is 7.67. The van der Waals surface area contributed by atoms with E-state index < -0.39 is 11.9 Å². The number of carbonyl (C=O) groups is 3. The van der Waals surface area contributed by atoms with Gasteiger partial charge in [0, 0.05) is 48.4 Å². The largest absolute Gasteiger partial charge is 0.368 e. The normalized spacial score (nSPS) is 21.1. The first-order chi connectivity index (χ1) is 14.4. The third-order valence-corrected chi connectivity index (χ3v) is 5.48. The maximum absolute atomic E-state index is 12.6. The van der Waals surface area contributed by atoms with Crippen LogP contribution < -0.4 is 16.6 Å². The van der Waals surface area contributed by atoms with E-state index in [1.807, 2.05) is 0 Å². The van der Waals surface area contributed by atoms with E-state index in [-0.39, 0.29) is 29.3 Å². The Morgan fingerprint density at radius 1 is 1.00 bits per heavy atom. The molecular formula is C22H23N4O4. The van der Waals surface area contributed by atoms with E-state index >= 15 is 0 Å². The summed E-state index contributed by atoms with van der Waals surface area (Å²) >= 11 is 0. The van der Waals surface area contributed by atoms with Crippen molar-refractivity contribution in [2.45, 2.75) is 31.3 Å². The van der Waals surface area contributed by atoms with Crippen molar-refractivity contribution in [3.63, 3.8) is 0 Å². The molecule has 155 valence electrons. The highest BCUT2D eigenvalue weighted by Crippen LogP contribution is 2.33. The Kier molecular flexibility index (Phi) is 5.39. The number of hydrogen-bond donors (Lipinski definition) is 2. The molecule has 30 heavy (non-hydrogen) atoms. The van der Waals surface area contributed by atoms with Crippen LogP contribution in [0, 0.1) is 12.3 Å². The van der Waals surface area contributed by atoms with Crippen molar-refractivity contribution < 1.29 is 14.4 Å². The van der Waals surface area contributed by atoms with Crippen LogP contribution in [0.4, 0.5) is 0 Å². The molecule has 1 aliphatic heterocycles. The zero-order valence-electron chi connectivity index (χ0n) is 16.4. The number of primary amides is 1. The van der Waals surface area contributed by atoms with Gasteiger partial charge in [-0.25, -0.2) is 0 Å². The Morgan fingerprint density at radius 3 is 2.37 bits per heavy atom. The fourth-order valence-corrected chi connectivity index (χ4v) is 3.68. The molecule has 1 radical (unpaired) electrons. The van der Waals surface area contributed by atoms with Gasteiger partial charge in [0.1, 0.15) is 6.04 Å². The minimum Gasteiger partial charge on any atom is -0.368 e. The molecule has 2 atom stereocenters. The van der Waals surface area contributed by atoms with Gasteiger partial charge >= 0.3 is 0 Å². The predicted octanol–water partition coefficient (Wildman–Crippen LogP) is 0.636. The molecule has 2 heterocycles. The summed E-state index contributed by atoms with van der Waals surface area (Å²) in [6, 6.07) is 10.4. The van der Waals surface area contributed by atoms with E-state index in [1.54, 1.807) is 49.0 Å². The molecule has 2 fully saturated rings. The molecule has 8 heteroatoms. The lowest BCUT2D eigenvalue weighted by Gasteiger charge is -2.38. The van der Waals surface area contributed by atoms with Crippen molar-refractivity contribution in [1.82, 2.24) is 14.8 Å². The summed E-state index contributed by atoms with van der Waals surface area (Å²) in [5.41, 5.74) is 6.43. The Bertz CT molecular complexity index is 1030. The first-order valence-corrected chi connectivity index (χ1v) is 9.98. The van der Waals surface area contributed by atoms with Gasteiger partial charge in [-0.2, -0.15) is 0 Å². The fraction of sp³-hybridized carbons (Fsp3) is 0.318. The number of nitrogens with zero attached hydrogens (tertiary/aromatic N) is 2. The third kappa shape index (κ3) is 4.12. The highest BCUT2D eigenvalue weighted by atomic mass is 16.2. The number of likely N-dealkylation sites (tertiary alicyclic amines) is 1. The molecule has 4 rings (SSSR count). The highest BCUT2D eigenvalue weighted by Gasteiger charge is 2.41. The lowest BCUT2D eigenvalue weighted by molar-refractivity contribution is -0.140. The fourth-order valence-electron chi connectivity index (χ4n) is 3.68. The standard InChI is InChI=1S/C22H23N4O4/c23-20(28)18-13-16(10-12-26(18)22(30)15-4-5-15)24-21(29)14-6-8-17(9-7-14)25-11-2-1-3-19(25)27/h1-3,6-9,11,13,15-16,18H,4-5,10,12H2,(H2,23,28)(H,24,29). The van der Waals surface area contributed by atoms with Crippen LogP contribution in [-0.2, 0) is 9.59 Å². The lowest BCUT2D eigenvalue weighted by atomic mass is 9.95. The molecule has 3 N–H and O–H groups in total. The number of rotatable bonds is 5. The van der Waals surface area contributed by atoms with Crippen molar-refractivity contribution >= 4 is 17.7 Å². The Labute approximate surface area is 173 Å². The smallest absolute Gasteiger partial charge is 0.255 e. The van der Waals surface area contributed by atoms with Gasteiger partial charge in [0.05, 0.1) is 0 Å². The minimum atomic E-state index is -0.815. The van der Waals surface area contributed by atoms with Crippen LogP contribution >= 0.6 is 0 Å². The summed E-state index contributed by atoms with van der Waals surface area (Å²) < 4.78 is 1.49. The van der Waals surface area contributed by atoms with Gasteiger partial charge < -0.3 is 16.0 Å². The zero-order chi connectivity index (χ0) is 21.3. The van der Waals surface area contributed by atoms with Gasteiger partial charge in [0.25, 0.3) is 11.5 Å². The molecule has 2 aliphatic rings. The van der Waals surface area contributed by atoms with Crippen LogP contribution in [0.2, 0.25) is 0 Å². The molecule has 2 unspecified atom stereocenters. The van der Waals surface area contributed by atoms with Crippen molar-refractivity contribution in [3.05, 3.63) is 71.0 Å². The van der Waals surface area contributed by atoms with E-state index in [4.69, 9.17) is 5.73 Å². The van der Waals surface area contributed by atoms with Crippen LogP contribution in [0.25, 0.3) is 5.69 Å². The summed E-state index contributed by atoms with van der Waals surface area (Å²) in [5, 5.41) is 2.89. The molecule has 1 aromatic heterocycles. The molecule has 0 bridgehead atoms. The van der Waals surface area contributed by atoms with Gasteiger partial charge in [0.2, 0.25) is 11.8 Å². The average Bonchev–Trinajstić information content (AvgIpc) is 3.59. The molecule has 3 amide bonds. The Morgan fingerprint density at radius 2 is 1.73 bits per heavy atom. The zero-order valence-corrected chi connectivity index (χ0v) is 16.4. The van der Waals surface area contributed by atoms with E-state index in [2.05, 4.69) is 5.32 Å². The van der Waals surface area contributed by atoms with Crippen LogP contribution in [0.5, 0.6) is 0 Å². The van der Waals surface area contributed by atoms with E-state index in [9.17, 15) is 19.2 Å². The van der Waals surface area contributed by atoms with Gasteiger partial charge in [-0.15, -0.1) is 0 Å². The van der Waals surface area contributed by atoms with Gasteiger partial charge in [0.15, 0.2) is 0 Å². The van der Waals surface area contributed by atoms with Crippen LogP contribution in [0.3, 0.4) is 0 Å². The molecule has 1 saturated heterocycles. The van der Waals surface area contributed by atoms with E-state index in [0.717, 1.165) is 12.8 Å². The molecule has 0 spiro atoms. The number of aromatic nitrogens is 1. The van der Waals surface area contributed by atoms with Gasteiger partial charge in [-0.3, -0.25) is 23.7 Å². The monoisotopic (exact) mass is 407 g/mol. The number of pyridine rings is 1. The number of carbonyl (C=O) groups excluding carboxylic acids is 3. The molecule has 1 aromatic carbocycles. The van der Waals surface area contributed by atoms with Gasteiger partial charge in [-0.1, -0.05) is 6.07 Å². The third-order valence-electron chi connectivity index (χ3n) is 5.48. The SMILES string of the molecule is NC(=O)C1[CH]C(NC(=O)c2ccc(-n3ccccc3=O)cc2)CCN1C(=O)C1CC1. The summed E-state index contributed by atoms with van der Waals surface area (Å²) in [4.78, 5) is 50.3. The average molecular weight is 407 g/mol. The second kappa shape index (κ2) is 8.14. The van der Waals surface area contributed by atoms with Crippen molar-refractivity contribution in [2.75, 3.05) is 6.54 Å². The molecule has 8 nitrogen and oxygen atoms in total. The first kappa shape index (κ1) is 19.9. The van der Waals surface area contributed by atoms with Crippen molar-refractivity contribution in [1.29, 1.82) is 0 Å². The highest BCUT2D eigenvalue weighted by molar-refractivity contribution is 5.95. The number of nitrogens with one attached hydrogen (secondary N) is 1. The Balaban J connectivity index is 1.41. The minimum absolute atomic E-state index is 0.00188. The van der Waals surface area contributed by atoms with Crippen LogP contribution in [-0.4, -0.2) is 45.8 Å². The number of hydrogen-bond acceptors (Lipinski definition) is 4. The lowest BCUT2D eigenvalue weighted by Crippen LogP contribution is -2.57. The second-order valence-electron chi connectivity index (χ2n) is 7.67. The van der Waals surface area contributed by atoms with Gasteiger partial charge in [-0.05, 0) is 49.6 Å². The molecule has 2 aromatic rings. The molecule has 1 saturated carbocycles.